The number of hydrogen-bond acceptors (Lipinski definition) is 2. The van der Waals surface area contributed by atoms with Crippen molar-refractivity contribution < 1.29 is 9.59 Å². The topological polar surface area (TPSA) is 58.2 Å². The Balaban J connectivity index is 4.67. The van der Waals surface area contributed by atoms with Crippen molar-refractivity contribution in [2.75, 3.05) is 0 Å². The zero-order valence-electron chi connectivity index (χ0n) is 11.2. The number of hydrazine groups is 1. The van der Waals surface area contributed by atoms with Gasteiger partial charge in [-0.05, 0) is 31.9 Å². The van der Waals surface area contributed by atoms with E-state index in [2.05, 4.69) is 33.4 Å². The average Bonchev–Trinajstić information content (AvgIpc) is 2.41. The lowest BCUT2D eigenvalue weighted by molar-refractivity contribution is -0.126. The van der Waals surface area contributed by atoms with E-state index in [-0.39, 0.29) is 15.7 Å². The molecule has 0 aliphatic carbocycles. The van der Waals surface area contributed by atoms with Gasteiger partial charge in [0.1, 0.15) is 0 Å². The van der Waals surface area contributed by atoms with Crippen LogP contribution in [0.1, 0.15) is 27.2 Å². The Labute approximate surface area is 136 Å². The van der Waals surface area contributed by atoms with Crippen molar-refractivity contribution in [1.29, 1.82) is 0 Å². The first-order valence-electron chi connectivity index (χ1n) is 5.75. The molecular formula is C13H18BrIN2O2. The molecule has 0 aromatic rings. The Bertz CT molecular complexity index is 430. The maximum Gasteiger partial charge on any atom is 0.265 e. The third kappa shape index (κ3) is 6.38. The standard InChI is InChI=1S/C13H18BrIN2O2/c1-5-7-10(14)8(3)9(4)12(18)16-17-13(19)11(15)6-2/h5,7,11H,1,6H2,2-4H3,(H,16,18)(H,17,19)/b9-8+,10-7+/t11-/m1/s1. The summed E-state index contributed by atoms with van der Waals surface area (Å²) in [5.41, 5.74) is 6.11. The Hall–Kier alpha value is -0.630. The number of amides is 2. The lowest BCUT2D eigenvalue weighted by Crippen LogP contribution is -2.45. The molecule has 0 aromatic heterocycles. The Kier molecular flexibility index (Phi) is 8.99. The van der Waals surface area contributed by atoms with Crippen LogP contribution in [0.3, 0.4) is 0 Å². The third-order valence-corrected chi connectivity index (χ3v) is 4.77. The third-order valence-electron chi connectivity index (χ3n) is 2.47. The summed E-state index contributed by atoms with van der Waals surface area (Å²) in [6, 6.07) is 0. The molecule has 106 valence electrons. The molecule has 6 heteroatoms. The lowest BCUT2D eigenvalue weighted by Gasteiger charge is -2.11. The summed E-state index contributed by atoms with van der Waals surface area (Å²) in [5.74, 6) is -0.539. The van der Waals surface area contributed by atoms with Crippen molar-refractivity contribution in [2.45, 2.75) is 31.1 Å². The van der Waals surface area contributed by atoms with Crippen molar-refractivity contribution in [3.05, 3.63) is 34.4 Å². The molecule has 2 amide bonds. The van der Waals surface area contributed by atoms with Crippen LogP contribution in [0.5, 0.6) is 0 Å². The van der Waals surface area contributed by atoms with Crippen LogP contribution in [0.25, 0.3) is 0 Å². The second kappa shape index (κ2) is 9.30. The quantitative estimate of drug-likeness (QED) is 0.227. The fraction of sp³-hybridized carbons (Fsp3) is 0.385. The van der Waals surface area contributed by atoms with Gasteiger partial charge >= 0.3 is 0 Å². The summed E-state index contributed by atoms with van der Waals surface area (Å²) in [6.07, 6.45) is 4.09. The van der Waals surface area contributed by atoms with Gasteiger partial charge in [-0.15, -0.1) is 0 Å². The second-order valence-corrected chi connectivity index (χ2v) is 6.18. The molecule has 0 radical (unpaired) electrons. The van der Waals surface area contributed by atoms with Crippen molar-refractivity contribution >= 4 is 50.3 Å². The predicted octanol–water partition coefficient (Wildman–Crippen LogP) is 3.15. The first-order valence-corrected chi connectivity index (χ1v) is 7.79. The van der Waals surface area contributed by atoms with Gasteiger partial charge in [-0.1, -0.05) is 58.1 Å². The van der Waals surface area contributed by atoms with Crippen molar-refractivity contribution in [3.8, 4) is 0 Å². The first-order chi connectivity index (χ1) is 8.84. The van der Waals surface area contributed by atoms with Gasteiger partial charge in [0.25, 0.3) is 11.8 Å². The minimum atomic E-state index is -0.333. The van der Waals surface area contributed by atoms with Crippen molar-refractivity contribution in [2.24, 2.45) is 0 Å². The highest BCUT2D eigenvalue weighted by atomic mass is 127. The molecule has 0 aliphatic rings. The molecule has 0 bridgehead atoms. The van der Waals surface area contributed by atoms with E-state index < -0.39 is 0 Å². The highest BCUT2D eigenvalue weighted by Gasteiger charge is 2.14. The molecule has 0 spiro atoms. The summed E-state index contributed by atoms with van der Waals surface area (Å²) in [5, 5.41) is 0. The van der Waals surface area contributed by atoms with Gasteiger partial charge in [-0.2, -0.15) is 0 Å². The van der Waals surface area contributed by atoms with Crippen molar-refractivity contribution in [3.63, 3.8) is 0 Å². The molecular weight excluding hydrogens is 423 g/mol. The monoisotopic (exact) mass is 440 g/mol. The Morgan fingerprint density at radius 2 is 1.89 bits per heavy atom. The van der Waals surface area contributed by atoms with Gasteiger partial charge in [-0.3, -0.25) is 20.4 Å². The number of allylic oxidation sites excluding steroid dienone is 4. The van der Waals surface area contributed by atoms with Gasteiger partial charge in [0.05, 0.1) is 3.92 Å². The van der Waals surface area contributed by atoms with E-state index in [0.29, 0.717) is 12.0 Å². The molecule has 0 unspecified atom stereocenters. The van der Waals surface area contributed by atoms with Crippen LogP contribution < -0.4 is 10.9 Å². The van der Waals surface area contributed by atoms with Crippen molar-refractivity contribution in [1.82, 2.24) is 10.9 Å². The molecule has 0 fully saturated rings. The Morgan fingerprint density at radius 3 is 2.37 bits per heavy atom. The van der Waals surface area contributed by atoms with Crippen LogP contribution in [0, 0.1) is 0 Å². The van der Waals surface area contributed by atoms with E-state index in [1.54, 1.807) is 19.1 Å². The van der Waals surface area contributed by atoms with Crippen LogP contribution >= 0.6 is 38.5 Å². The zero-order valence-corrected chi connectivity index (χ0v) is 15.0. The molecule has 0 aromatic carbocycles. The molecule has 0 saturated heterocycles. The summed E-state index contributed by atoms with van der Waals surface area (Å²) in [7, 11) is 0. The minimum absolute atomic E-state index is 0.157. The number of rotatable bonds is 5. The highest BCUT2D eigenvalue weighted by molar-refractivity contribution is 14.1. The Morgan fingerprint density at radius 1 is 1.32 bits per heavy atom. The normalized spacial score (nSPS) is 14.3. The minimum Gasteiger partial charge on any atom is -0.272 e. The van der Waals surface area contributed by atoms with Crippen LogP contribution in [-0.4, -0.2) is 15.7 Å². The largest absolute Gasteiger partial charge is 0.272 e. The van der Waals surface area contributed by atoms with Gasteiger partial charge in [0.15, 0.2) is 0 Å². The number of carbonyl (C=O) groups is 2. The van der Waals surface area contributed by atoms with E-state index in [4.69, 9.17) is 0 Å². The van der Waals surface area contributed by atoms with Gasteiger partial charge in [0, 0.05) is 10.1 Å². The van der Waals surface area contributed by atoms with Crippen LogP contribution in [0.4, 0.5) is 0 Å². The maximum absolute atomic E-state index is 11.8. The summed E-state index contributed by atoms with van der Waals surface area (Å²) in [4.78, 5) is 23.4. The van der Waals surface area contributed by atoms with Crippen LogP contribution in [0.2, 0.25) is 0 Å². The molecule has 2 N–H and O–H groups in total. The lowest BCUT2D eigenvalue weighted by atomic mass is 10.1. The molecule has 19 heavy (non-hydrogen) atoms. The average molecular weight is 441 g/mol. The zero-order chi connectivity index (χ0) is 15.0. The van der Waals surface area contributed by atoms with E-state index in [1.807, 2.05) is 36.4 Å². The number of hydrogen-bond donors (Lipinski definition) is 2. The molecule has 1 atom stereocenters. The molecule has 0 heterocycles. The first kappa shape index (κ1) is 18.4. The number of nitrogens with one attached hydrogen (secondary N) is 2. The number of alkyl halides is 1. The van der Waals surface area contributed by atoms with Crippen LogP contribution in [0.15, 0.2) is 34.4 Å². The van der Waals surface area contributed by atoms with Gasteiger partial charge < -0.3 is 0 Å². The van der Waals surface area contributed by atoms with E-state index in [0.717, 1.165) is 10.1 Å². The molecule has 4 nitrogen and oxygen atoms in total. The summed E-state index contributed by atoms with van der Waals surface area (Å²) >= 11 is 5.38. The second-order valence-electron chi connectivity index (χ2n) is 3.82. The van der Waals surface area contributed by atoms with Gasteiger partial charge in [0.2, 0.25) is 0 Å². The number of halogens is 2. The SMILES string of the molecule is C=C/C=C(Br)\C(C)=C(/C)C(=O)NNC(=O)[C@H](I)CC. The van der Waals surface area contributed by atoms with E-state index in [9.17, 15) is 9.59 Å². The fourth-order valence-electron chi connectivity index (χ4n) is 1.05. The van der Waals surface area contributed by atoms with Gasteiger partial charge in [-0.25, -0.2) is 0 Å². The summed E-state index contributed by atoms with van der Waals surface area (Å²) in [6.45, 7) is 9.00. The van der Waals surface area contributed by atoms with E-state index in [1.165, 1.54) is 0 Å². The molecule has 0 saturated carbocycles. The summed E-state index contributed by atoms with van der Waals surface area (Å²) < 4.78 is 0.623. The van der Waals surface area contributed by atoms with E-state index >= 15 is 0 Å². The maximum atomic E-state index is 11.8. The fourth-order valence-corrected chi connectivity index (χ4v) is 1.69. The van der Waals surface area contributed by atoms with Crippen LogP contribution in [-0.2, 0) is 9.59 Å². The molecule has 0 aliphatic heterocycles. The smallest absolute Gasteiger partial charge is 0.265 e. The predicted molar refractivity (Wildman–Crippen MR) is 90.0 cm³/mol. The number of carbonyl (C=O) groups excluding carboxylic acids is 2. The highest BCUT2D eigenvalue weighted by Crippen LogP contribution is 2.20. The molecule has 0 rings (SSSR count).